The smallest absolute Gasteiger partial charge is 0.261 e. The van der Waals surface area contributed by atoms with Crippen LogP contribution in [-0.2, 0) is 9.59 Å². The third-order valence-corrected chi connectivity index (χ3v) is 4.90. The standard InChI is InChI=1S/C25H34N2O4/c1-6-22(30-20-12-8-17(3)9-13-20)24(28)26-16-19(5)27-25(29)23(7-2)31-21-14-10-18(4)11-15-21/h8-15,19,22-23H,6-7,16H2,1-5H3,(H,26,28)(H,27,29)/t19-,22-,23-/m1/s1. The summed E-state index contributed by atoms with van der Waals surface area (Å²) in [6.07, 6.45) is -0.0860. The van der Waals surface area contributed by atoms with Crippen LogP contribution in [-0.4, -0.2) is 36.6 Å². The summed E-state index contributed by atoms with van der Waals surface area (Å²) in [5, 5.41) is 5.78. The van der Waals surface area contributed by atoms with Crippen molar-refractivity contribution in [1.82, 2.24) is 10.6 Å². The van der Waals surface area contributed by atoms with Gasteiger partial charge < -0.3 is 20.1 Å². The summed E-state index contributed by atoms with van der Waals surface area (Å²) in [5.74, 6) is 0.917. The number of ether oxygens (including phenoxy) is 2. The SMILES string of the molecule is CC[C@@H](Oc1ccc(C)cc1)C(=O)NC[C@@H](C)NC(=O)[C@@H](CC)Oc1ccc(C)cc1. The number of amides is 2. The second-order valence-electron chi connectivity index (χ2n) is 7.81. The van der Waals surface area contributed by atoms with Gasteiger partial charge in [0.05, 0.1) is 0 Å². The molecule has 6 heteroatoms. The Kier molecular flexibility index (Phi) is 9.38. The first-order valence-corrected chi connectivity index (χ1v) is 10.9. The third kappa shape index (κ3) is 7.96. The van der Waals surface area contributed by atoms with E-state index in [0.717, 1.165) is 11.1 Å². The predicted octanol–water partition coefficient (Wildman–Crippen LogP) is 3.94. The van der Waals surface area contributed by atoms with Crippen LogP contribution in [0.3, 0.4) is 0 Å². The van der Waals surface area contributed by atoms with Crippen molar-refractivity contribution < 1.29 is 19.1 Å². The molecule has 2 amide bonds. The van der Waals surface area contributed by atoms with Crippen molar-refractivity contribution in [2.75, 3.05) is 6.54 Å². The molecule has 0 saturated heterocycles. The number of hydrogen-bond donors (Lipinski definition) is 2. The van der Waals surface area contributed by atoms with Crippen molar-refractivity contribution in [1.29, 1.82) is 0 Å². The molecule has 0 bridgehead atoms. The fraction of sp³-hybridized carbons (Fsp3) is 0.440. The van der Waals surface area contributed by atoms with Gasteiger partial charge in [-0.1, -0.05) is 49.2 Å². The van der Waals surface area contributed by atoms with E-state index in [1.165, 1.54) is 0 Å². The normalized spacial score (nSPS) is 13.6. The Balaban J connectivity index is 1.82. The molecular weight excluding hydrogens is 392 g/mol. The number of rotatable bonds is 11. The summed E-state index contributed by atoms with van der Waals surface area (Å²) in [5.41, 5.74) is 2.26. The second kappa shape index (κ2) is 12.0. The molecule has 2 aromatic rings. The van der Waals surface area contributed by atoms with Crippen LogP contribution in [0.2, 0.25) is 0 Å². The molecule has 0 aliphatic heterocycles. The molecule has 0 fully saturated rings. The van der Waals surface area contributed by atoms with Gasteiger partial charge in [-0.15, -0.1) is 0 Å². The van der Waals surface area contributed by atoms with Crippen molar-refractivity contribution in [2.24, 2.45) is 0 Å². The Morgan fingerprint density at radius 3 is 1.61 bits per heavy atom. The van der Waals surface area contributed by atoms with Gasteiger partial charge in [-0.3, -0.25) is 9.59 Å². The molecule has 2 aromatic carbocycles. The van der Waals surface area contributed by atoms with Gasteiger partial charge in [0.1, 0.15) is 11.5 Å². The third-order valence-electron chi connectivity index (χ3n) is 4.90. The van der Waals surface area contributed by atoms with E-state index in [1.54, 1.807) is 0 Å². The number of nitrogens with one attached hydrogen (secondary N) is 2. The van der Waals surface area contributed by atoms with E-state index in [4.69, 9.17) is 9.47 Å². The van der Waals surface area contributed by atoms with Gasteiger partial charge >= 0.3 is 0 Å². The van der Waals surface area contributed by atoms with Crippen LogP contribution in [0.1, 0.15) is 44.7 Å². The van der Waals surface area contributed by atoms with Gasteiger partial charge in [0.25, 0.3) is 11.8 Å². The van der Waals surface area contributed by atoms with E-state index < -0.39 is 12.2 Å². The lowest BCUT2D eigenvalue weighted by Gasteiger charge is -2.22. The molecular formula is C25H34N2O4. The molecule has 0 spiro atoms. The van der Waals surface area contributed by atoms with Crippen LogP contribution in [0.4, 0.5) is 0 Å². The topological polar surface area (TPSA) is 76.7 Å². The maximum Gasteiger partial charge on any atom is 0.261 e. The largest absolute Gasteiger partial charge is 0.481 e. The maximum absolute atomic E-state index is 12.6. The molecule has 31 heavy (non-hydrogen) atoms. The molecule has 3 atom stereocenters. The van der Waals surface area contributed by atoms with E-state index in [-0.39, 0.29) is 17.9 Å². The number of carbonyl (C=O) groups is 2. The van der Waals surface area contributed by atoms with E-state index >= 15 is 0 Å². The number of carbonyl (C=O) groups excluding carboxylic acids is 2. The highest BCUT2D eigenvalue weighted by Gasteiger charge is 2.22. The summed E-state index contributed by atoms with van der Waals surface area (Å²) in [6.45, 7) is 9.95. The van der Waals surface area contributed by atoms with Crippen LogP contribution >= 0.6 is 0 Å². The van der Waals surface area contributed by atoms with E-state index in [0.29, 0.717) is 30.9 Å². The minimum atomic E-state index is -0.589. The Labute approximate surface area is 185 Å². The molecule has 0 saturated carbocycles. The molecule has 0 unspecified atom stereocenters. The second-order valence-corrected chi connectivity index (χ2v) is 7.81. The maximum atomic E-state index is 12.6. The van der Waals surface area contributed by atoms with Crippen molar-refractivity contribution in [3.63, 3.8) is 0 Å². The summed E-state index contributed by atoms with van der Waals surface area (Å²) >= 11 is 0. The van der Waals surface area contributed by atoms with Gasteiger partial charge in [-0.05, 0) is 57.9 Å². The molecule has 0 heterocycles. The van der Waals surface area contributed by atoms with Gasteiger partial charge in [-0.2, -0.15) is 0 Å². The number of benzene rings is 2. The number of aryl methyl sites for hydroxylation is 2. The van der Waals surface area contributed by atoms with Crippen LogP contribution in [0.25, 0.3) is 0 Å². The van der Waals surface area contributed by atoms with E-state index in [2.05, 4.69) is 10.6 Å². The fourth-order valence-electron chi connectivity index (χ4n) is 2.96. The van der Waals surface area contributed by atoms with E-state index in [1.807, 2.05) is 83.1 Å². The molecule has 0 aliphatic rings. The highest BCUT2D eigenvalue weighted by Crippen LogP contribution is 2.16. The summed E-state index contributed by atoms with van der Waals surface area (Å²) in [6, 6.07) is 15.0. The minimum absolute atomic E-state index is 0.201. The highest BCUT2D eigenvalue weighted by atomic mass is 16.5. The van der Waals surface area contributed by atoms with Crippen molar-refractivity contribution in [3.05, 3.63) is 59.7 Å². The highest BCUT2D eigenvalue weighted by molar-refractivity contribution is 5.82. The van der Waals surface area contributed by atoms with Gasteiger partial charge in [-0.25, -0.2) is 0 Å². The quantitative estimate of drug-likeness (QED) is 0.571. The average Bonchev–Trinajstić information content (AvgIpc) is 2.76. The molecule has 0 radical (unpaired) electrons. The lowest BCUT2D eigenvalue weighted by atomic mass is 10.2. The zero-order chi connectivity index (χ0) is 22.8. The zero-order valence-electron chi connectivity index (χ0n) is 19.1. The average molecular weight is 427 g/mol. The molecule has 2 N–H and O–H groups in total. The Morgan fingerprint density at radius 1 is 0.774 bits per heavy atom. The molecule has 6 nitrogen and oxygen atoms in total. The van der Waals surface area contributed by atoms with Gasteiger partial charge in [0.15, 0.2) is 12.2 Å². The number of hydrogen-bond acceptors (Lipinski definition) is 4. The Hall–Kier alpha value is -3.02. The first-order valence-electron chi connectivity index (χ1n) is 10.9. The van der Waals surface area contributed by atoms with Crippen molar-refractivity contribution in [2.45, 2.75) is 65.7 Å². The van der Waals surface area contributed by atoms with Crippen LogP contribution in [0, 0.1) is 13.8 Å². The molecule has 0 aliphatic carbocycles. The lowest BCUT2D eigenvalue weighted by molar-refractivity contribution is -0.130. The van der Waals surface area contributed by atoms with Crippen molar-refractivity contribution >= 4 is 11.8 Å². The molecule has 0 aromatic heterocycles. The van der Waals surface area contributed by atoms with Crippen LogP contribution in [0.15, 0.2) is 48.5 Å². The van der Waals surface area contributed by atoms with E-state index in [9.17, 15) is 9.59 Å². The van der Waals surface area contributed by atoms with Crippen LogP contribution in [0.5, 0.6) is 11.5 Å². The summed E-state index contributed by atoms with van der Waals surface area (Å²) < 4.78 is 11.6. The zero-order valence-corrected chi connectivity index (χ0v) is 19.1. The van der Waals surface area contributed by atoms with Gasteiger partial charge in [0.2, 0.25) is 0 Å². The first kappa shape index (κ1) is 24.3. The minimum Gasteiger partial charge on any atom is -0.481 e. The molecule has 168 valence electrons. The Morgan fingerprint density at radius 2 is 1.19 bits per heavy atom. The fourth-order valence-corrected chi connectivity index (χ4v) is 2.96. The molecule has 2 rings (SSSR count). The first-order chi connectivity index (χ1) is 14.8. The summed E-state index contributed by atoms with van der Waals surface area (Å²) in [7, 11) is 0. The van der Waals surface area contributed by atoms with Crippen LogP contribution < -0.4 is 20.1 Å². The summed E-state index contributed by atoms with van der Waals surface area (Å²) in [4.78, 5) is 25.1. The van der Waals surface area contributed by atoms with Gasteiger partial charge in [0, 0.05) is 12.6 Å². The predicted molar refractivity (Wildman–Crippen MR) is 122 cm³/mol. The van der Waals surface area contributed by atoms with Crippen molar-refractivity contribution in [3.8, 4) is 11.5 Å². The monoisotopic (exact) mass is 426 g/mol. The lowest BCUT2D eigenvalue weighted by Crippen LogP contribution is -2.48. The Bertz CT molecular complexity index is 834.